The van der Waals surface area contributed by atoms with Gasteiger partial charge in [0.25, 0.3) is 11.6 Å². The van der Waals surface area contributed by atoms with E-state index in [9.17, 15) is 14.9 Å². The predicted octanol–water partition coefficient (Wildman–Crippen LogP) is 2.96. The number of carbonyl (C=O) groups is 1. The minimum atomic E-state index is -0.616. The number of benzene rings is 1. The normalized spacial score (nSPS) is 12.0. The SMILES string of the molecule is CCn1nccc1C(C)NC(=O)c1ccc(Cl)c([N+](=O)[O-])c1. The molecule has 1 aromatic carbocycles. The molecule has 0 aliphatic rings. The van der Waals surface area contributed by atoms with Gasteiger partial charge in [0, 0.05) is 24.4 Å². The van der Waals surface area contributed by atoms with Crippen LogP contribution >= 0.6 is 11.6 Å². The smallest absolute Gasteiger partial charge is 0.288 e. The van der Waals surface area contributed by atoms with Gasteiger partial charge in [-0.3, -0.25) is 19.6 Å². The Bertz CT molecular complexity index is 714. The third-order valence-electron chi connectivity index (χ3n) is 3.25. The van der Waals surface area contributed by atoms with Gasteiger partial charge in [-0.2, -0.15) is 5.10 Å². The van der Waals surface area contributed by atoms with Crippen LogP contribution in [0.5, 0.6) is 0 Å². The van der Waals surface area contributed by atoms with Gasteiger partial charge < -0.3 is 5.32 Å². The number of aromatic nitrogens is 2. The van der Waals surface area contributed by atoms with Crippen molar-refractivity contribution in [2.75, 3.05) is 0 Å². The van der Waals surface area contributed by atoms with E-state index in [1.54, 1.807) is 10.9 Å². The molecule has 1 aromatic heterocycles. The van der Waals surface area contributed by atoms with Crippen LogP contribution in [0.3, 0.4) is 0 Å². The number of halogens is 1. The number of nitrogens with one attached hydrogen (secondary N) is 1. The summed E-state index contributed by atoms with van der Waals surface area (Å²) >= 11 is 5.74. The zero-order valence-electron chi connectivity index (χ0n) is 12.1. The Kier molecular flexibility index (Phi) is 4.77. The van der Waals surface area contributed by atoms with E-state index in [0.717, 1.165) is 5.69 Å². The molecule has 0 saturated heterocycles. The molecular formula is C14H15ClN4O3. The first-order valence-corrected chi connectivity index (χ1v) is 7.08. The van der Waals surface area contributed by atoms with Crippen LogP contribution in [0.2, 0.25) is 5.02 Å². The van der Waals surface area contributed by atoms with Crippen LogP contribution in [0.1, 0.15) is 35.9 Å². The fraction of sp³-hybridized carbons (Fsp3) is 0.286. The van der Waals surface area contributed by atoms with E-state index < -0.39 is 10.8 Å². The van der Waals surface area contributed by atoms with Gasteiger partial charge in [-0.05, 0) is 32.0 Å². The van der Waals surface area contributed by atoms with Crippen LogP contribution in [0.15, 0.2) is 30.5 Å². The molecule has 0 saturated carbocycles. The zero-order valence-corrected chi connectivity index (χ0v) is 12.9. The lowest BCUT2D eigenvalue weighted by Gasteiger charge is -2.15. The van der Waals surface area contributed by atoms with Crippen LogP contribution in [-0.2, 0) is 6.54 Å². The minimum Gasteiger partial charge on any atom is -0.344 e. The Balaban J connectivity index is 2.19. The molecule has 22 heavy (non-hydrogen) atoms. The number of nitro groups is 1. The average Bonchev–Trinajstić information content (AvgIpc) is 2.95. The number of carbonyl (C=O) groups excluding carboxylic acids is 1. The fourth-order valence-electron chi connectivity index (χ4n) is 2.12. The quantitative estimate of drug-likeness (QED) is 0.677. The van der Waals surface area contributed by atoms with E-state index in [0.29, 0.717) is 6.54 Å². The molecule has 1 atom stereocenters. The number of rotatable bonds is 5. The summed E-state index contributed by atoms with van der Waals surface area (Å²) in [4.78, 5) is 22.5. The molecule has 2 aromatic rings. The lowest BCUT2D eigenvalue weighted by Crippen LogP contribution is -2.28. The zero-order chi connectivity index (χ0) is 16.3. The molecule has 0 bridgehead atoms. The summed E-state index contributed by atoms with van der Waals surface area (Å²) in [5.41, 5.74) is 0.755. The van der Waals surface area contributed by atoms with Crippen molar-refractivity contribution in [1.82, 2.24) is 15.1 Å². The highest BCUT2D eigenvalue weighted by molar-refractivity contribution is 6.32. The summed E-state index contributed by atoms with van der Waals surface area (Å²) in [5, 5.41) is 17.8. The van der Waals surface area contributed by atoms with E-state index in [-0.39, 0.29) is 22.3 Å². The van der Waals surface area contributed by atoms with E-state index in [1.807, 2.05) is 19.9 Å². The standard InChI is InChI=1S/C14H15ClN4O3/c1-3-18-12(6-7-16-18)9(2)17-14(20)10-4-5-11(15)13(8-10)19(21)22/h4-9H,3H2,1-2H3,(H,17,20). The van der Waals surface area contributed by atoms with Crippen LogP contribution in [0.4, 0.5) is 5.69 Å². The first-order chi connectivity index (χ1) is 10.4. The summed E-state index contributed by atoms with van der Waals surface area (Å²) in [6, 6.07) is 5.51. The van der Waals surface area contributed by atoms with Crippen molar-refractivity contribution in [2.45, 2.75) is 26.4 Å². The Morgan fingerprint density at radius 3 is 2.86 bits per heavy atom. The van der Waals surface area contributed by atoms with Crippen molar-refractivity contribution in [3.05, 3.63) is 56.9 Å². The monoisotopic (exact) mass is 322 g/mol. The highest BCUT2D eigenvalue weighted by Crippen LogP contribution is 2.25. The lowest BCUT2D eigenvalue weighted by molar-refractivity contribution is -0.384. The van der Waals surface area contributed by atoms with Gasteiger partial charge in [0.15, 0.2) is 0 Å². The van der Waals surface area contributed by atoms with Crippen molar-refractivity contribution in [3.8, 4) is 0 Å². The molecule has 116 valence electrons. The van der Waals surface area contributed by atoms with Crippen molar-refractivity contribution in [3.63, 3.8) is 0 Å². The second-order valence-electron chi connectivity index (χ2n) is 4.69. The molecule has 0 aliphatic heterocycles. The molecular weight excluding hydrogens is 308 g/mol. The van der Waals surface area contributed by atoms with Gasteiger partial charge >= 0.3 is 0 Å². The summed E-state index contributed by atoms with van der Waals surface area (Å²) < 4.78 is 1.77. The molecule has 2 rings (SSSR count). The van der Waals surface area contributed by atoms with E-state index in [2.05, 4.69) is 10.4 Å². The molecule has 0 spiro atoms. The van der Waals surface area contributed by atoms with Crippen molar-refractivity contribution >= 4 is 23.2 Å². The number of aryl methyl sites for hydroxylation is 1. The second kappa shape index (κ2) is 6.57. The van der Waals surface area contributed by atoms with E-state index in [1.165, 1.54) is 18.2 Å². The van der Waals surface area contributed by atoms with Gasteiger partial charge in [0.05, 0.1) is 16.7 Å². The molecule has 0 radical (unpaired) electrons. The number of nitrogens with zero attached hydrogens (tertiary/aromatic N) is 3. The molecule has 1 unspecified atom stereocenters. The Morgan fingerprint density at radius 2 is 2.23 bits per heavy atom. The minimum absolute atomic E-state index is 0.00124. The van der Waals surface area contributed by atoms with Gasteiger partial charge in [-0.25, -0.2) is 0 Å². The topological polar surface area (TPSA) is 90.1 Å². The first-order valence-electron chi connectivity index (χ1n) is 6.70. The van der Waals surface area contributed by atoms with Gasteiger partial charge in [-0.1, -0.05) is 11.6 Å². The maximum absolute atomic E-state index is 12.2. The third-order valence-corrected chi connectivity index (χ3v) is 3.56. The highest BCUT2D eigenvalue weighted by Gasteiger charge is 2.19. The first kappa shape index (κ1) is 16.0. The lowest BCUT2D eigenvalue weighted by atomic mass is 10.1. The van der Waals surface area contributed by atoms with Crippen LogP contribution in [0.25, 0.3) is 0 Å². The molecule has 0 aliphatic carbocycles. The number of amides is 1. The summed E-state index contributed by atoms with van der Waals surface area (Å²) in [7, 11) is 0. The van der Waals surface area contributed by atoms with Gasteiger partial charge in [0.1, 0.15) is 5.02 Å². The number of hydrogen-bond acceptors (Lipinski definition) is 4. The molecule has 1 amide bonds. The molecule has 7 nitrogen and oxygen atoms in total. The molecule has 1 heterocycles. The van der Waals surface area contributed by atoms with E-state index >= 15 is 0 Å². The van der Waals surface area contributed by atoms with Crippen LogP contribution in [-0.4, -0.2) is 20.6 Å². The van der Waals surface area contributed by atoms with Crippen molar-refractivity contribution in [2.24, 2.45) is 0 Å². The molecule has 1 N–H and O–H groups in total. The predicted molar refractivity (Wildman–Crippen MR) is 81.9 cm³/mol. The fourth-order valence-corrected chi connectivity index (χ4v) is 2.31. The Morgan fingerprint density at radius 1 is 1.50 bits per heavy atom. The van der Waals surface area contributed by atoms with Crippen molar-refractivity contribution in [1.29, 1.82) is 0 Å². The Labute approximate surface area is 132 Å². The molecule has 0 fully saturated rings. The summed E-state index contributed by atoms with van der Waals surface area (Å²) in [6.07, 6.45) is 1.66. The number of nitro benzene ring substituents is 1. The van der Waals surface area contributed by atoms with Crippen LogP contribution in [0, 0.1) is 10.1 Å². The average molecular weight is 323 g/mol. The summed E-state index contributed by atoms with van der Waals surface area (Å²) in [5.74, 6) is -0.406. The van der Waals surface area contributed by atoms with Crippen molar-refractivity contribution < 1.29 is 9.72 Å². The number of hydrogen-bond donors (Lipinski definition) is 1. The largest absolute Gasteiger partial charge is 0.344 e. The van der Waals surface area contributed by atoms with Gasteiger partial charge in [-0.15, -0.1) is 0 Å². The van der Waals surface area contributed by atoms with E-state index in [4.69, 9.17) is 11.6 Å². The highest BCUT2D eigenvalue weighted by atomic mass is 35.5. The Hall–Kier alpha value is -2.41. The second-order valence-corrected chi connectivity index (χ2v) is 5.10. The maximum atomic E-state index is 12.2. The van der Waals surface area contributed by atoms with Crippen LogP contribution < -0.4 is 5.32 Å². The summed E-state index contributed by atoms with van der Waals surface area (Å²) in [6.45, 7) is 4.47. The van der Waals surface area contributed by atoms with Gasteiger partial charge in [0.2, 0.25) is 0 Å². The molecule has 8 heteroatoms. The maximum Gasteiger partial charge on any atom is 0.288 e. The third kappa shape index (κ3) is 3.25.